The predicted octanol–water partition coefficient (Wildman–Crippen LogP) is 1.93. The lowest BCUT2D eigenvalue weighted by Gasteiger charge is -2.47. The highest BCUT2D eigenvalue weighted by atomic mass is 19.4. The summed E-state index contributed by atoms with van der Waals surface area (Å²) in [6.45, 7) is 0.510. The summed E-state index contributed by atoms with van der Waals surface area (Å²) in [7, 11) is 2.78. The van der Waals surface area contributed by atoms with Gasteiger partial charge in [0.2, 0.25) is 5.54 Å². The molecule has 1 aromatic carbocycles. The molecule has 0 aromatic heterocycles. The van der Waals surface area contributed by atoms with Gasteiger partial charge in [-0.15, -0.1) is 0 Å². The molecule has 0 spiro atoms. The average molecular weight is 286 g/mol. The molecule has 1 amide bonds. The van der Waals surface area contributed by atoms with Crippen LogP contribution in [-0.2, 0) is 11.2 Å². The summed E-state index contributed by atoms with van der Waals surface area (Å²) in [6, 6.07) is 8.32. The SMILES string of the molecule is CN1CCN(C)C(Cc2ccccc2)(C(F)(F)F)C1=O. The quantitative estimate of drug-likeness (QED) is 0.829. The molecule has 110 valence electrons. The lowest BCUT2D eigenvalue weighted by molar-refractivity contribution is -0.237. The highest BCUT2D eigenvalue weighted by Crippen LogP contribution is 2.40. The molecule has 1 aliphatic rings. The molecular weight excluding hydrogens is 269 g/mol. The lowest BCUT2D eigenvalue weighted by atomic mass is 9.85. The number of halogens is 3. The highest BCUT2D eigenvalue weighted by Gasteiger charge is 2.64. The van der Waals surface area contributed by atoms with Crippen LogP contribution in [0.3, 0.4) is 0 Å². The van der Waals surface area contributed by atoms with Gasteiger partial charge < -0.3 is 4.90 Å². The molecule has 20 heavy (non-hydrogen) atoms. The van der Waals surface area contributed by atoms with E-state index in [-0.39, 0.29) is 13.0 Å². The Balaban J connectivity index is 2.47. The van der Waals surface area contributed by atoms with Crippen molar-refractivity contribution in [1.29, 1.82) is 0 Å². The van der Waals surface area contributed by atoms with Gasteiger partial charge in [0, 0.05) is 26.6 Å². The first-order chi connectivity index (χ1) is 9.29. The van der Waals surface area contributed by atoms with E-state index in [0.717, 1.165) is 9.80 Å². The zero-order chi connectivity index (χ0) is 15.0. The van der Waals surface area contributed by atoms with E-state index < -0.39 is 17.6 Å². The molecule has 1 heterocycles. The number of likely N-dealkylation sites (N-methyl/N-ethyl adjacent to an activating group) is 2. The Labute approximate surface area is 116 Å². The molecule has 2 rings (SSSR count). The van der Waals surface area contributed by atoms with E-state index in [2.05, 4.69) is 0 Å². The maximum atomic E-state index is 13.7. The van der Waals surface area contributed by atoms with E-state index in [1.165, 1.54) is 14.1 Å². The van der Waals surface area contributed by atoms with Gasteiger partial charge in [-0.1, -0.05) is 30.3 Å². The van der Waals surface area contributed by atoms with E-state index in [9.17, 15) is 18.0 Å². The third-order valence-corrected chi connectivity index (χ3v) is 3.89. The monoisotopic (exact) mass is 286 g/mol. The number of alkyl halides is 3. The molecular formula is C14H17F3N2O. The van der Waals surface area contributed by atoms with Gasteiger partial charge in [0.05, 0.1) is 0 Å². The van der Waals surface area contributed by atoms with E-state index in [0.29, 0.717) is 12.1 Å². The van der Waals surface area contributed by atoms with Crippen molar-refractivity contribution < 1.29 is 18.0 Å². The highest BCUT2D eigenvalue weighted by molar-refractivity contribution is 5.88. The van der Waals surface area contributed by atoms with Crippen LogP contribution in [0.1, 0.15) is 5.56 Å². The smallest absolute Gasteiger partial charge is 0.343 e. The van der Waals surface area contributed by atoms with Gasteiger partial charge in [-0.05, 0) is 12.6 Å². The number of hydrogen-bond donors (Lipinski definition) is 0. The molecule has 1 unspecified atom stereocenters. The second-order valence-electron chi connectivity index (χ2n) is 5.17. The minimum Gasteiger partial charge on any atom is -0.343 e. The zero-order valence-electron chi connectivity index (χ0n) is 11.4. The van der Waals surface area contributed by atoms with Crippen molar-refractivity contribution in [1.82, 2.24) is 9.80 Å². The Morgan fingerprint density at radius 3 is 2.30 bits per heavy atom. The fraction of sp³-hybridized carbons (Fsp3) is 0.500. The van der Waals surface area contributed by atoms with Gasteiger partial charge in [-0.3, -0.25) is 9.69 Å². The fourth-order valence-electron chi connectivity index (χ4n) is 2.61. The van der Waals surface area contributed by atoms with Crippen LogP contribution in [0.4, 0.5) is 13.2 Å². The number of carbonyl (C=O) groups excluding carboxylic acids is 1. The summed E-state index contributed by atoms with van der Waals surface area (Å²) in [4.78, 5) is 14.6. The maximum absolute atomic E-state index is 13.7. The minimum atomic E-state index is -4.62. The van der Waals surface area contributed by atoms with Crippen LogP contribution in [0.25, 0.3) is 0 Å². The van der Waals surface area contributed by atoms with Gasteiger partial charge in [-0.2, -0.15) is 13.2 Å². The number of rotatable bonds is 2. The first kappa shape index (κ1) is 14.8. The Morgan fingerprint density at radius 2 is 1.75 bits per heavy atom. The first-order valence-electron chi connectivity index (χ1n) is 6.36. The lowest BCUT2D eigenvalue weighted by Crippen LogP contribution is -2.71. The molecule has 1 saturated heterocycles. The second-order valence-corrected chi connectivity index (χ2v) is 5.17. The third kappa shape index (κ3) is 2.28. The molecule has 3 nitrogen and oxygen atoms in total. The van der Waals surface area contributed by atoms with Gasteiger partial charge in [0.25, 0.3) is 5.91 Å². The average Bonchev–Trinajstić information content (AvgIpc) is 2.39. The van der Waals surface area contributed by atoms with Crippen LogP contribution in [0.15, 0.2) is 30.3 Å². The summed E-state index contributed by atoms with van der Waals surface area (Å²) < 4.78 is 41.0. The maximum Gasteiger partial charge on any atom is 0.416 e. The summed E-state index contributed by atoms with van der Waals surface area (Å²) in [5.41, 5.74) is -1.97. The number of piperazine rings is 1. The van der Waals surface area contributed by atoms with Gasteiger partial charge in [0.1, 0.15) is 0 Å². The van der Waals surface area contributed by atoms with Gasteiger partial charge >= 0.3 is 6.18 Å². The summed E-state index contributed by atoms with van der Waals surface area (Å²) in [5, 5.41) is 0. The van der Waals surface area contributed by atoms with E-state index in [1.807, 2.05) is 0 Å². The summed E-state index contributed by atoms with van der Waals surface area (Å²) >= 11 is 0. The molecule has 0 radical (unpaired) electrons. The fourth-order valence-corrected chi connectivity index (χ4v) is 2.61. The number of amides is 1. The molecule has 6 heteroatoms. The van der Waals surface area contributed by atoms with Crippen molar-refractivity contribution in [2.24, 2.45) is 0 Å². The van der Waals surface area contributed by atoms with Gasteiger partial charge in [-0.25, -0.2) is 0 Å². The van der Waals surface area contributed by atoms with Crippen molar-refractivity contribution in [3.05, 3.63) is 35.9 Å². The van der Waals surface area contributed by atoms with Crippen LogP contribution in [0, 0.1) is 0 Å². The van der Waals surface area contributed by atoms with Crippen LogP contribution in [0.5, 0.6) is 0 Å². The van der Waals surface area contributed by atoms with E-state index >= 15 is 0 Å². The van der Waals surface area contributed by atoms with E-state index in [4.69, 9.17) is 0 Å². The molecule has 0 N–H and O–H groups in total. The molecule has 0 bridgehead atoms. The van der Waals surface area contributed by atoms with Crippen molar-refractivity contribution in [3.8, 4) is 0 Å². The number of nitrogens with zero attached hydrogens (tertiary/aromatic N) is 2. The van der Waals surface area contributed by atoms with Gasteiger partial charge in [0.15, 0.2) is 0 Å². The minimum absolute atomic E-state index is 0.203. The van der Waals surface area contributed by atoms with Crippen molar-refractivity contribution in [2.45, 2.75) is 18.1 Å². The standard InChI is InChI=1S/C14H17F3N2O/c1-18-8-9-19(2)13(12(18)20,14(15,16)17)10-11-6-4-3-5-7-11/h3-7H,8-10H2,1-2H3. The Hall–Kier alpha value is -1.56. The number of hydrogen-bond acceptors (Lipinski definition) is 2. The van der Waals surface area contributed by atoms with Crippen LogP contribution in [-0.4, -0.2) is 54.6 Å². The Bertz CT molecular complexity index is 489. The zero-order valence-corrected chi connectivity index (χ0v) is 11.4. The third-order valence-electron chi connectivity index (χ3n) is 3.89. The number of carbonyl (C=O) groups is 1. The molecule has 1 fully saturated rings. The normalized spacial score (nSPS) is 25.1. The predicted molar refractivity (Wildman–Crippen MR) is 69.2 cm³/mol. The van der Waals surface area contributed by atoms with Crippen LogP contribution < -0.4 is 0 Å². The molecule has 1 atom stereocenters. The summed E-state index contributed by atoms with van der Waals surface area (Å²) in [6.07, 6.45) is -4.99. The van der Waals surface area contributed by atoms with Crippen molar-refractivity contribution in [3.63, 3.8) is 0 Å². The summed E-state index contributed by atoms with van der Waals surface area (Å²) in [5.74, 6) is -0.886. The largest absolute Gasteiger partial charge is 0.416 e. The Morgan fingerprint density at radius 1 is 1.15 bits per heavy atom. The van der Waals surface area contributed by atoms with Crippen molar-refractivity contribution in [2.75, 3.05) is 27.2 Å². The first-order valence-corrected chi connectivity index (χ1v) is 6.36. The molecule has 0 aliphatic carbocycles. The molecule has 1 aliphatic heterocycles. The topological polar surface area (TPSA) is 23.6 Å². The number of benzene rings is 1. The Kier molecular flexibility index (Phi) is 3.77. The molecule has 0 saturated carbocycles. The van der Waals surface area contributed by atoms with E-state index in [1.54, 1.807) is 30.3 Å². The second kappa shape index (κ2) is 5.09. The van der Waals surface area contributed by atoms with Crippen LogP contribution >= 0.6 is 0 Å². The van der Waals surface area contributed by atoms with Crippen LogP contribution in [0.2, 0.25) is 0 Å². The molecule has 1 aromatic rings. The van der Waals surface area contributed by atoms with Crippen molar-refractivity contribution >= 4 is 5.91 Å².